The van der Waals surface area contributed by atoms with Gasteiger partial charge in [-0.3, -0.25) is 13.6 Å². The van der Waals surface area contributed by atoms with Crippen molar-refractivity contribution < 1.29 is 32.3 Å². The van der Waals surface area contributed by atoms with Crippen LogP contribution in [0, 0.1) is 0 Å². The van der Waals surface area contributed by atoms with E-state index in [4.69, 9.17) is 27.8 Å². The molecule has 0 aromatic heterocycles. The third kappa shape index (κ3) is 16.2. The molecule has 0 aromatic carbocycles. The predicted octanol–water partition coefficient (Wildman–Crippen LogP) is 4.97. The normalized spacial score (nSPS) is 10.7. The zero-order valence-corrected chi connectivity index (χ0v) is 17.7. The molecular formula is C18H33O7P. The lowest BCUT2D eigenvalue weighted by molar-refractivity contribution is 0.0664. The van der Waals surface area contributed by atoms with Crippen LogP contribution in [0.5, 0.6) is 0 Å². The van der Waals surface area contributed by atoms with Crippen molar-refractivity contribution in [2.75, 3.05) is 39.6 Å². The third-order valence-corrected chi connectivity index (χ3v) is 3.81. The van der Waals surface area contributed by atoms with E-state index in [0.717, 1.165) is 16.7 Å². The van der Waals surface area contributed by atoms with E-state index in [2.05, 4.69) is 0 Å². The topological polar surface area (TPSA) is 72.5 Å². The number of phosphoric acid groups is 1. The van der Waals surface area contributed by atoms with Gasteiger partial charge in [0.2, 0.25) is 0 Å². The van der Waals surface area contributed by atoms with E-state index in [1.807, 2.05) is 41.5 Å². The second-order valence-electron chi connectivity index (χ2n) is 6.14. The van der Waals surface area contributed by atoms with Gasteiger partial charge in [-0.05, 0) is 58.3 Å². The van der Waals surface area contributed by atoms with Gasteiger partial charge >= 0.3 is 7.82 Å². The zero-order valence-electron chi connectivity index (χ0n) is 16.8. The Balaban J connectivity index is 4.35. The lowest BCUT2D eigenvalue weighted by Crippen LogP contribution is -2.10. The summed E-state index contributed by atoms with van der Waals surface area (Å²) < 4.78 is 44.2. The summed E-state index contributed by atoms with van der Waals surface area (Å²) in [5.41, 5.74) is 3.07. The Hall–Kier alpha value is -1.27. The average molecular weight is 392 g/mol. The van der Waals surface area contributed by atoms with Gasteiger partial charge in [0.05, 0.1) is 38.6 Å². The summed E-state index contributed by atoms with van der Waals surface area (Å²) in [6.07, 6.45) is 4.82. The van der Waals surface area contributed by atoms with Crippen LogP contribution in [-0.2, 0) is 32.3 Å². The highest BCUT2D eigenvalue weighted by Crippen LogP contribution is 2.49. The molecule has 0 rings (SSSR count). The van der Waals surface area contributed by atoms with Gasteiger partial charge in [-0.1, -0.05) is 0 Å². The van der Waals surface area contributed by atoms with Gasteiger partial charge in [0.1, 0.15) is 19.8 Å². The summed E-state index contributed by atoms with van der Waals surface area (Å²) in [4.78, 5) is 0. The summed E-state index contributed by atoms with van der Waals surface area (Å²) in [5.74, 6) is 0. The highest BCUT2D eigenvalue weighted by Gasteiger charge is 2.26. The van der Waals surface area contributed by atoms with Crippen molar-refractivity contribution in [3.63, 3.8) is 0 Å². The molecule has 0 aliphatic heterocycles. The van der Waals surface area contributed by atoms with Gasteiger partial charge in [-0.25, -0.2) is 4.57 Å². The molecule has 0 aliphatic rings. The Morgan fingerprint density at radius 3 is 1.08 bits per heavy atom. The van der Waals surface area contributed by atoms with Crippen LogP contribution in [0.2, 0.25) is 0 Å². The van der Waals surface area contributed by atoms with Gasteiger partial charge < -0.3 is 14.2 Å². The number of allylic oxidation sites excluding steroid dienone is 3. The Bertz CT molecular complexity index is 428. The fourth-order valence-electron chi connectivity index (χ4n) is 1.38. The highest BCUT2D eigenvalue weighted by atomic mass is 31.2. The van der Waals surface area contributed by atoms with Gasteiger partial charge in [0.15, 0.2) is 0 Å². The third-order valence-electron chi connectivity index (χ3n) is 2.31. The number of rotatable bonds is 15. The first-order valence-corrected chi connectivity index (χ1v) is 10.00. The molecule has 0 radical (unpaired) electrons. The molecule has 0 aromatic rings. The Morgan fingerprint density at radius 2 is 0.846 bits per heavy atom. The fourth-order valence-corrected chi connectivity index (χ4v) is 2.50. The maximum absolute atomic E-state index is 12.6. The molecule has 0 spiro atoms. The molecule has 0 saturated heterocycles. The summed E-state index contributed by atoms with van der Waals surface area (Å²) in [5, 5.41) is 0. The summed E-state index contributed by atoms with van der Waals surface area (Å²) >= 11 is 0. The molecule has 0 aliphatic carbocycles. The molecule has 0 saturated carbocycles. The first kappa shape index (κ1) is 24.7. The van der Waals surface area contributed by atoms with Gasteiger partial charge in [-0.2, -0.15) is 0 Å². The largest absolute Gasteiger partial charge is 0.499 e. The van der Waals surface area contributed by atoms with Crippen LogP contribution >= 0.6 is 7.82 Å². The summed E-state index contributed by atoms with van der Waals surface area (Å²) in [6, 6.07) is 0. The summed E-state index contributed by atoms with van der Waals surface area (Å²) in [6.45, 7) is 12.4. The fraction of sp³-hybridized carbons (Fsp3) is 0.667. The Labute approximate surface area is 157 Å². The molecule has 8 heteroatoms. The molecular weight excluding hydrogens is 359 g/mol. The molecule has 0 fully saturated rings. The first-order chi connectivity index (χ1) is 12.2. The maximum Gasteiger partial charge on any atom is 0.475 e. The number of hydrogen-bond donors (Lipinski definition) is 0. The molecule has 0 N–H and O–H groups in total. The molecule has 0 heterocycles. The minimum atomic E-state index is -3.71. The van der Waals surface area contributed by atoms with Crippen LogP contribution in [0.1, 0.15) is 41.5 Å². The van der Waals surface area contributed by atoms with Crippen LogP contribution in [0.15, 0.2) is 35.5 Å². The molecule has 152 valence electrons. The SMILES string of the molecule is CC(C)=COCCOP(=O)(OCCOC=C(C)C)OCCOC=C(C)C. The van der Waals surface area contributed by atoms with Crippen molar-refractivity contribution in [2.24, 2.45) is 0 Å². The molecule has 0 atom stereocenters. The predicted molar refractivity (Wildman–Crippen MR) is 102 cm³/mol. The molecule has 0 bridgehead atoms. The Kier molecular flexibility index (Phi) is 14.1. The highest BCUT2D eigenvalue weighted by molar-refractivity contribution is 7.48. The van der Waals surface area contributed by atoms with Crippen molar-refractivity contribution >= 4 is 7.82 Å². The molecule has 7 nitrogen and oxygen atoms in total. The van der Waals surface area contributed by atoms with Crippen LogP contribution in [0.3, 0.4) is 0 Å². The van der Waals surface area contributed by atoms with E-state index in [0.29, 0.717) is 0 Å². The lowest BCUT2D eigenvalue weighted by Gasteiger charge is -2.18. The van der Waals surface area contributed by atoms with Crippen LogP contribution in [0.4, 0.5) is 0 Å². The monoisotopic (exact) mass is 392 g/mol. The van der Waals surface area contributed by atoms with E-state index >= 15 is 0 Å². The number of ether oxygens (including phenoxy) is 3. The van der Waals surface area contributed by atoms with E-state index in [1.165, 1.54) is 0 Å². The zero-order chi connectivity index (χ0) is 19.8. The number of phosphoric ester groups is 1. The second-order valence-corrected chi connectivity index (χ2v) is 7.81. The van der Waals surface area contributed by atoms with E-state index in [9.17, 15) is 4.57 Å². The quantitative estimate of drug-likeness (QED) is 0.221. The van der Waals surface area contributed by atoms with E-state index < -0.39 is 7.82 Å². The van der Waals surface area contributed by atoms with E-state index in [-0.39, 0.29) is 39.6 Å². The molecule has 0 unspecified atom stereocenters. The Morgan fingerprint density at radius 1 is 0.577 bits per heavy atom. The van der Waals surface area contributed by atoms with Crippen LogP contribution < -0.4 is 0 Å². The van der Waals surface area contributed by atoms with Crippen molar-refractivity contribution in [1.29, 1.82) is 0 Å². The molecule has 0 amide bonds. The minimum Gasteiger partial charge on any atom is -0.499 e. The summed E-state index contributed by atoms with van der Waals surface area (Å²) in [7, 11) is -3.71. The van der Waals surface area contributed by atoms with Gasteiger partial charge in [0, 0.05) is 0 Å². The van der Waals surface area contributed by atoms with Gasteiger partial charge in [-0.15, -0.1) is 0 Å². The van der Waals surface area contributed by atoms with Crippen molar-refractivity contribution in [3.05, 3.63) is 35.5 Å². The standard InChI is InChI=1S/C18H33O7P/c1-16(2)13-20-7-10-23-26(19,24-11-8-21-14-17(3)4)25-12-9-22-15-18(5)6/h13-15H,7-12H2,1-6H3. The van der Waals surface area contributed by atoms with E-state index in [1.54, 1.807) is 18.8 Å². The molecule has 26 heavy (non-hydrogen) atoms. The average Bonchev–Trinajstić information content (AvgIpc) is 2.53. The smallest absolute Gasteiger partial charge is 0.475 e. The maximum atomic E-state index is 12.6. The lowest BCUT2D eigenvalue weighted by atomic mass is 10.4. The van der Waals surface area contributed by atoms with Crippen molar-refractivity contribution in [1.82, 2.24) is 0 Å². The van der Waals surface area contributed by atoms with Gasteiger partial charge in [0.25, 0.3) is 0 Å². The number of hydrogen-bond acceptors (Lipinski definition) is 7. The van der Waals surface area contributed by atoms with Crippen molar-refractivity contribution in [3.8, 4) is 0 Å². The van der Waals surface area contributed by atoms with Crippen molar-refractivity contribution in [2.45, 2.75) is 41.5 Å². The second kappa shape index (κ2) is 14.9. The first-order valence-electron chi connectivity index (χ1n) is 8.54. The van der Waals surface area contributed by atoms with Crippen LogP contribution in [-0.4, -0.2) is 39.6 Å². The van der Waals surface area contributed by atoms with Crippen LogP contribution in [0.25, 0.3) is 0 Å². The minimum absolute atomic E-state index is 0.0741.